The van der Waals surface area contributed by atoms with E-state index in [0.29, 0.717) is 12.3 Å². The average Bonchev–Trinajstić information content (AvgIpc) is 2.96. The zero-order valence-electron chi connectivity index (χ0n) is 8.93. The van der Waals surface area contributed by atoms with Gasteiger partial charge < -0.3 is 14.2 Å². The summed E-state index contributed by atoms with van der Waals surface area (Å²) in [4.78, 5) is 0. The SMILES string of the molecule is CC(NCc1ccc(C#N)o1)c1ccco1. The van der Waals surface area contributed by atoms with Crippen LogP contribution in [0, 0.1) is 11.3 Å². The molecule has 0 saturated heterocycles. The molecule has 2 heterocycles. The molecule has 0 amide bonds. The third-order valence-electron chi connectivity index (χ3n) is 2.32. The molecule has 0 saturated carbocycles. The van der Waals surface area contributed by atoms with Crippen molar-refractivity contribution in [2.45, 2.75) is 19.5 Å². The summed E-state index contributed by atoms with van der Waals surface area (Å²) in [7, 11) is 0. The molecule has 1 unspecified atom stereocenters. The van der Waals surface area contributed by atoms with Gasteiger partial charge in [0.2, 0.25) is 5.76 Å². The lowest BCUT2D eigenvalue weighted by Crippen LogP contribution is -2.17. The molecule has 2 aromatic rings. The zero-order valence-corrected chi connectivity index (χ0v) is 8.93. The first-order valence-corrected chi connectivity index (χ1v) is 5.05. The fraction of sp³-hybridized carbons (Fsp3) is 0.250. The van der Waals surface area contributed by atoms with E-state index in [2.05, 4.69) is 5.32 Å². The third kappa shape index (κ3) is 2.33. The van der Waals surface area contributed by atoms with Crippen LogP contribution in [0.5, 0.6) is 0 Å². The highest BCUT2D eigenvalue weighted by Gasteiger charge is 2.08. The van der Waals surface area contributed by atoms with E-state index in [1.165, 1.54) is 0 Å². The number of nitriles is 1. The predicted molar refractivity (Wildman–Crippen MR) is 57.4 cm³/mol. The molecule has 1 atom stereocenters. The molecular weight excluding hydrogens is 204 g/mol. The van der Waals surface area contributed by atoms with Crippen LogP contribution in [0.1, 0.15) is 30.2 Å². The van der Waals surface area contributed by atoms with Crippen molar-refractivity contribution in [3.05, 3.63) is 47.8 Å². The Morgan fingerprint density at radius 1 is 1.44 bits per heavy atom. The van der Waals surface area contributed by atoms with Crippen molar-refractivity contribution >= 4 is 0 Å². The highest BCUT2D eigenvalue weighted by atomic mass is 16.3. The molecule has 0 aliphatic carbocycles. The van der Waals surface area contributed by atoms with Crippen molar-refractivity contribution in [3.63, 3.8) is 0 Å². The molecule has 0 bridgehead atoms. The van der Waals surface area contributed by atoms with Crippen LogP contribution in [0.4, 0.5) is 0 Å². The van der Waals surface area contributed by atoms with Crippen molar-refractivity contribution in [3.8, 4) is 6.07 Å². The Balaban J connectivity index is 1.90. The minimum Gasteiger partial charge on any atom is -0.468 e. The van der Waals surface area contributed by atoms with E-state index in [1.807, 2.05) is 25.1 Å². The molecule has 0 aromatic carbocycles. The lowest BCUT2D eigenvalue weighted by molar-refractivity contribution is 0.405. The summed E-state index contributed by atoms with van der Waals surface area (Å²) < 4.78 is 10.5. The number of hydrogen-bond acceptors (Lipinski definition) is 4. The zero-order chi connectivity index (χ0) is 11.4. The van der Waals surface area contributed by atoms with Gasteiger partial charge in [-0.2, -0.15) is 5.26 Å². The van der Waals surface area contributed by atoms with Gasteiger partial charge in [0, 0.05) is 0 Å². The molecule has 1 N–H and O–H groups in total. The van der Waals surface area contributed by atoms with Gasteiger partial charge in [-0.3, -0.25) is 0 Å². The van der Waals surface area contributed by atoms with Gasteiger partial charge in [0.1, 0.15) is 17.6 Å². The van der Waals surface area contributed by atoms with E-state index in [1.54, 1.807) is 18.4 Å². The van der Waals surface area contributed by atoms with Crippen molar-refractivity contribution < 1.29 is 8.83 Å². The lowest BCUT2D eigenvalue weighted by atomic mass is 10.2. The Morgan fingerprint density at radius 2 is 2.31 bits per heavy atom. The molecular formula is C12H12N2O2. The summed E-state index contributed by atoms with van der Waals surface area (Å²) in [5.41, 5.74) is 0. The van der Waals surface area contributed by atoms with Crippen molar-refractivity contribution in [2.75, 3.05) is 0 Å². The van der Waals surface area contributed by atoms with Crippen molar-refractivity contribution in [1.29, 1.82) is 5.26 Å². The number of nitrogens with one attached hydrogen (secondary N) is 1. The van der Waals surface area contributed by atoms with Gasteiger partial charge in [-0.05, 0) is 31.2 Å². The Kier molecular flexibility index (Phi) is 3.08. The minimum absolute atomic E-state index is 0.116. The maximum atomic E-state index is 8.60. The summed E-state index contributed by atoms with van der Waals surface area (Å²) in [6, 6.07) is 9.29. The van der Waals surface area contributed by atoms with E-state index in [9.17, 15) is 0 Å². The first-order chi connectivity index (χ1) is 7.79. The van der Waals surface area contributed by atoms with E-state index in [-0.39, 0.29) is 6.04 Å². The Hall–Kier alpha value is -1.99. The van der Waals surface area contributed by atoms with E-state index >= 15 is 0 Å². The molecule has 4 nitrogen and oxygen atoms in total. The van der Waals surface area contributed by atoms with Gasteiger partial charge >= 0.3 is 0 Å². The second kappa shape index (κ2) is 4.69. The van der Waals surface area contributed by atoms with E-state index in [0.717, 1.165) is 11.5 Å². The molecule has 2 aromatic heterocycles. The lowest BCUT2D eigenvalue weighted by Gasteiger charge is -2.09. The van der Waals surface area contributed by atoms with Crippen LogP contribution in [-0.2, 0) is 6.54 Å². The topological polar surface area (TPSA) is 62.1 Å². The maximum absolute atomic E-state index is 8.60. The fourth-order valence-corrected chi connectivity index (χ4v) is 1.42. The van der Waals surface area contributed by atoms with Crippen LogP contribution in [0.25, 0.3) is 0 Å². The quantitative estimate of drug-likeness (QED) is 0.853. The van der Waals surface area contributed by atoms with Crippen LogP contribution in [-0.4, -0.2) is 0 Å². The molecule has 16 heavy (non-hydrogen) atoms. The van der Waals surface area contributed by atoms with Crippen LogP contribution in [0.2, 0.25) is 0 Å². The average molecular weight is 216 g/mol. The van der Waals surface area contributed by atoms with Gasteiger partial charge in [0.05, 0.1) is 18.8 Å². The summed E-state index contributed by atoms with van der Waals surface area (Å²) in [5.74, 6) is 1.96. The van der Waals surface area contributed by atoms with Crippen molar-refractivity contribution in [2.24, 2.45) is 0 Å². The van der Waals surface area contributed by atoms with Crippen molar-refractivity contribution in [1.82, 2.24) is 5.32 Å². The Labute approximate surface area is 93.5 Å². The number of furan rings is 2. The second-order valence-corrected chi connectivity index (χ2v) is 3.50. The third-order valence-corrected chi connectivity index (χ3v) is 2.32. The molecule has 82 valence electrons. The molecule has 0 fully saturated rings. The standard InChI is InChI=1S/C12H12N2O2/c1-9(12-3-2-6-15-12)14-8-11-5-4-10(7-13)16-11/h2-6,9,14H,8H2,1H3. The minimum atomic E-state index is 0.116. The van der Waals surface area contributed by atoms with Gasteiger partial charge in [0.25, 0.3) is 0 Å². The normalized spacial score (nSPS) is 12.2. The van der Waals surface area contributed by atoms with Crippen LogP contribution in [0.3, 0.4) is 0 Å². The van der Waals surface area contributed by atoms with E-state index in [4.69, 9.17) is 14.1 Å². The highest BCUT2D eigenvalue weighted by Crippen LogP contribution is 2.14. The smallest absolute Gasteiger partial charge is 0.203 e. The second-order valence-electron chi connectivity index (χ2n) is 3.50. The van der Waals surface area contributed by atoms with Crippen LogP contribution < -0.4 is 5.32 Å². The molecule has 4 heteroatoms. The molecule has 0 aliphatic rings. The highest BCUT2D eigenvalue weighted by molar-refractivity contribution is 5.19. The molecule has 0 spiro atoms. The largest absolute Gasteiger partial charge is 0.468 e. The summed E-state index contributed by atoms with van der Waals surface area (Å²) in [6.07, 6.45) is 1.65. The fourth-order valence-electron chi connectivity index (χ4n) is 1.42. The summed E-state index contributed by atoms with van der Waals surface area (Å²) in [5, 5.41) is 11.8. The summed E-state index contributed by atoms with van der Waals surface area (Å²) >= 11 is 0. The van der Waals surface area contributed by atoms with Gasteiger partial charge in [0.15, 0.2) is 0 Å². The Bertz CT molecular complexity index is 479. The van der Waals surface area contributed by atoms with Gasteiger partial charge in [-0.1, -0.05) is 0 Å². The van der Waals surface area contributed by atoms with Crippen LogP contribution >= 0.6 is 0 Å². The summed E-state index contributed by atoms with van der Waals surface area (Å²) in [6.45, 7) is 2.58. The molecule has 2 rings (SSSR count). The van der Waals surface area contributed by atoms with Gasteiger partial charge in [-0.15, -0.1) is 0 Å². The first kappa shape index (κ1) is 10.5. The number of nitrogens with zero attached hydrogens (tertiary/aromatic N) is 1. The first-order valence-electron chi connectivity index (χ1n) is 5.05. The molecule has 0 aliphatic heterocycles. The van der Waals surface area contributed by atoms with E-state index < -0.39 is 0 Å². The number of hydrogen-bond donors (Lipinski definition) is 1. The monoisotopic (exact) mass is 216 g/mol. The molecule has 0 radical (unpaired) electrons. The predicted octanol–water partition coefficient (Wildman–Crippen LogP) is 2.60. The van der Waals surface area contributed by atoms with Crippen LogP contribution in [0.15, 0.2) is 39.4 Å². The van der Waals surface area contributed by atoms with Gasteiger partial charge in [-0.25, -0.2) is 0 Å². The number of rotatable bonds is 4. The Morgan fingerprint density at radius 3 is 2.94 bits per heavy atom. The maximum Gasteiger partial charge on any atom is 0.203 e.